The van der Waals surface area contributed by atoms with Gasteiger partial charge in [-0.05, 0) is 56.2 Å². The van der Waals surface area contributed by atoms with Crippen LogP contribution < -0.4 is 20.7 Å². The number of rotatable bonds is 7. The second-order valence-corrected chi connectivity index (χ2v) is 8.12. The van der Waals surface area contributed by atoms with Gasteiger partial charge in [-0.3, -0.25) is 18.9 Å². The van der Waals surface area contributed by atoms with Crippen molar-refractivity contribution in [2.45, 2.75) is 33.4 Å². The van der Waals surface area contributed by atoms with Crippen molar-refractivity contribution in [3.63, 3.8) is 0 Å². The number of aromatic amines is 1. The number of fused-ring (bicyclic) bond motifs is 1. The molecule has 0 saturated carbocycles. The van der Waals surface area contributed by atoms with Crippen LogP contribution in [0.15, 0.2) is 52.1 Å². The Labute approximate surface area is 189 Å². The molecule has 2 heterocycles. The van der Waals surface area contributed by atoms with Crippen molar-refractivity contribution in [1.29, 1.82) is 0 Å². The molecule has 0 bridgehead atoms. The average molecular weight is 450 g/mol. The highest BCUT2D eigenvalue weighted by molar-refractivity contribution is 5.71. The zero-order valence-corrected chi connectivity index (χ0v) is 19.0. The van der Waals surface area contributed by atoms with E-state index >= 15 is 0 Å². The predicted molar refractivity (Wildman–Crippen MR) is 124 cm³/mol. The first-order chi connectivity index (χ1) is 15.7. The van der Waals surface area contributed by atoms with Gasteiger partial charge in [-0.15, -0.1) is 0 Å². The van der Waals surface area contributed by atoms with Gasteiger partial charge in [-0.1, -0.05) is 23.8 Å². The van der Waals surface area contributed by atoms with Gasteiger partial charge in [0, 0.05) is 7.05 Å². The van der Waals surface area contributed by atoms with Crippen LogP contribution in [0.5, 0.6) is 17.5 Å². The number of aromatic nitrogens is 4. The molecule has 4 aromatic rings. The SMILES string of the molecule is Cc1ccc(Oc2nc3c(c(=O)[nH]c(=O)n3C)n2CC(O)COc2ccc(C)c(C)c2)cc1. The Morgan fingerprint density at radius 1 is 1.03 bits per heavy atom. The first kappa shape index (κ1) is 22.3. The molecule has 0 spiro atoms. The van der Waals surface area contributed by atoms with Crippen LogP contribution in [0.2, 0.25) is 0 Å². The van der Waals surface area contributed by atoms with Crippen molar-refractivity contribution in [1.82, 2.24) is 19.1 Å². The fourth-order valence-corrected chi connectivity index (χ4v) is 3.43. The van der Waals surface area contributed by atoms with Gasteiger partial charge in [0.05, 0.1) is 6.54 Å². The van der Waals surface area contributed by atoms with Crippen LogP contribution in [-0.4, -0.2) is 36.9 Å². The molecule has 0 amide bonds. The van der Waals surface area contributed by atoms with E-state index in [9.17, 15) is 14.7 Å². The standard InChI is InChI=1S/C24H26N4O5/c1-14-5-8-18(9-6-14)33-24-25-21-20(22(30)26-23(31)27(21)4)28(24)12-17(29)13-32-19-10-7-15(2)16(3)11-19/h5-11,17,29H,12-13H2,1-4H3,(H,26,30,31). The molecule has 1 unspecified atom stereocenters. The summed E-state index contributed by atoms with van der Waals surface area (Å²) in [5.74, 6) is 1.16. The number of hydrogen-bond donors (Lipinski definition) is 2. The minimum absolute atomic E-state index is 0.00415. The van der Waals surface area contributed by atoms with Crippen molar-refractivity contribution in [2.75, 3.05) is 6.61 Å². The lowest BCUT2D eigenvalue weighted by Gasteiger charge is -2.16. The molecular weight excluding hydrogens is 424 g/mol. The van der Waals surface area contributed by atoms with Gasteiger partial charge in [-0.2, -0.15) is 4.98 Å². The van der Waals surface area contributed by atoms with E-state index in [4.69, 9.17) is 9.47 Å². The highest BCUT2D eigenvalue weighted by atomic mass is 16.5. The van der Waals surface area contributed by atoms with Gasteiger partial charge in [0.1, 0.15) is 24.2 Å². The van der Waals surface area contributed by atoms with Crippen LogP contribution in [-0.2, 0) is 13.6 Å². The summed E-state index contributed by atoms with van der Waals surface area (Å²) in [4.78, 5) is 31.3. The Morgan fingerprint density at radius 2 is 1.73 bits per heavy atom. The van der Waals surface area contributed by atoms with E-state index in [0.717, 1.165) is 16.7 Å². The topological polar surface area (TPSA) is 111 Å². The Bertz CT molecular complexity index is 1420. The first-order valence-electron chi connectivity index (χ1n) is 10.5. The van der Waals surface area contributed by atoms with E-state index in [-0.39, 0.29) is 30.3 Å². The zero-order chi connectivity index (χ0) is 23.7. The second-order valence-electron chi connectivity index (χ2n) is 8.12. The third kappa shape index (κ3) is 4.68. The van der Waals surface area contributed by atoms with E-state index in [0.29, 0.717) is 11.5 Å². The molecule has 172 valence electrons. The molecule has 0 saturated heterocycles. The summed E-state index contributed by atoms with van der Waals surface area (Å²) in [6, 6.07) is 13.1. The summed E-state index contributed by atoms with van der Waals surface area (Å²) in [6.07, 6.45) is -0.971. The highest BCUT2D eigenvalue weighted by Gasteiger charge is 2.21. The van der Waals surface area contributed by atoms with Crippen LogP contribution in [0.25, 0.3) is 11.2 Å². The number of benzene rings is 2. The Balaban J connectivity index is 1.65. The summed E-state index contributed by atoms with van der Waals surface area (Å²) in [7, 11) is 1.51. The molecule has 0 fully saturated rings. The molecule has 0 aliphatic rings. The number of nitrogens with one attached hydrogen (secondary N) is 1. The minimum Gasteiger partial charge on any atom is -0.491 e. The van der Waals surface area contributed by atoms with Crippen molar-refractivity contribution in [2.24, 2.45) is 7.05 Å². The van der Waals surface area contributed by atoms with Gasteiger partial charge in [-0.25, -0.2) is 4.79 Å². The van der Waals surface area contributed by atoms with Crippen LogP contribution >= 0.6 is 0 Å². The molecule has 0 aliphatic carbocycles. The number of imidazole rings is 1. The normalized spacial score (nSPS) is 12.2. The molecule has 9 nitrogen and oxygen atoms in total. The van der Waals surface area contributed by atoms with Crippen LogP contribution in [0.4, 0.5) is 0 Å². The molecule has 0 aliphatic heterocycles. The van der Waals surface area contributed by atoms with Crippen molar-refractivity contribution in [3.8, 4) is 17.5 Å². The maximum Gasteiger partial charge on any atom is 0.329 e. The molecule has 0 radical (unpaired) electrons. The van der Waals surface area contributed by atoms with E-state index in [1.165, 1.54) is 16.2 Å². The fraction of sp³-hybridized carbons (Fsp3) is 0.292. The molecule has 2 aromatic carbocycles. The zero-order valence-electron chi connectivity index (χ0n) is 19.0. The lowest BCUT2D eigenvalue weighted by molar-refractivity contribution is 0.0915. The Morgan fingerprint density at radius 3 is 2.42 bits per heavy atom. The highest BCUT2D eigenvalue weighted by Crippen LogP contribution is 2.25. The number of aliphatic hydroxyl groups is 1. The van der Waals surface area contributed by atoms with Gasteiger partial charge in [0.25, 0.3) is 5.56 Å². The van der Waals surface area contributed by atoms with Crippen LogP contribution in [0.3, 0.4) is 0 Å². The van der Waals surface area contributed by atoms with Crippen LogP contribution in [0, 0.1) is 20.8 Å². The fourth-order valence-electron chi connectivity index (χ4n) is 3.43. The average Bonchev–Trinajstić information content (AvgIpc) is 3.13. The molecule has 4 rings (SSSR count). The number of aliphatic hydroxyl groups excluding tert-OH is 1. The van der Waals surface area contributed by atoms with Gasteiger partial charge >= 0.3 is 11.7 Å². The molecule has 1 atom stereocenters. The summed E-state index contributed by atoms with van der Waals surface area (Å²) >= 11 is 0. The third-order valence-electron chi connectivity index (χ3n) is 5.52. The monoisotopic (exact) mass is 450 g/mol. The quantitative estimate of drug-likeness (QED) is 0.448. The maximum atomic E-state index is 12.6. The summed E-state index contributed by atoms with van der Waals surface area (Å²) in [6.45, 7) is 5.93. The third-order valence-corrected chi connectivity index (χ3v) is 5.52. The summed E-state index contributed by atoms with van der Waals surface area (Å²) < 4.78 is 14.4. The molecular formula is C24H26N4O5. The Hall–Kier alpha value is -3.85. The number of nitrogens with zero attached hydrogens (tertiary/aromatic N) is 3. The lowest BCUT2D eigenvalue weighted by Crippen LogP contribution is -2.30. The summed E-state index contributed by atoms with van der Waals surface area (Å²) in [5.41, 5.74) is 2.39. The smallest absolute Gasteiger partial charge is 0.329 e. The van der Waals surface area contributed by atoms with Gasteiger partial charge in [0.15, 0.2) is 11.2 Å². The van der Waals surface area contributed by atoms with E-state index in [1.54, 1.807) is 12.1 Å². The maximum absolute atomic E-state index is 12.6. The molecule has 33 heavy (non-hydrogen) atoms. The van der Waals surface area contributed by atoms with Crippen molar-refractivity contribution >= 4 is 11.2 Å². The van der Waals surface area contributed by atoms with Gasteiger partial charge < -0.3 is 14.6 Å². The number of ether oxygens (including phenoxy) is 2. The molecule has 2 N–H and O–H groups in total. The van der Waals surface area contributed by atoms with E-state index in [1.807, 2.05) is 51.1 Å². The van der Waals surface area contributed by atoms with Gasteiger partial charge in [0.2, 0.25) is 0 Å². The number of hydrogen-bond acceptors (Lipinski definition) is 6. The number of aryl methyl sites for hydroxylation is 4. The predicted octanol–water partition coefficient (Wildman–Crippen LogP) is 2.58. The van der Waals surface area contributed by atoms with Crippen LogP contribution in [0.1, 0.15) is 16.7 Å². The molecule has 9 heteroatoms. The van der Waals surface area contributed by atoms with E-state index in [2.05, 4.69) is 9.97 Å². The second kappa shape index (κ2) is 8.95. The Kier molecular flexibility index (Phi) is 6.06. The molecule has 2 aromatic heterocycles. The number of H-pyrrole nitrogens is 1. The van der Waals surface area contributed by atoms with Crippen molar-refractivity contribution < 1.29 is 14.6 Å². The van der Waals surface area contributed by atoms with E-state index < -0.39 is 17.4 Å². The lowest BCUT2D eigenvalue weighted by atomic mass is 10.1. The first-order valence-corrected chi connectivity index (χ1v) is 10.5. The summed E-state index contributed by atoms with van der Waals surface area (Å²) in [5, 5.41) is 10.7. The minimum atomic E-state index is -0.971. The largest absolute Gasteiger partial charge is 0.491 e. The van der Waals surface area contributed by atoms with Crippen molar-refractivity contribution in [3.05, 3.63) is 80.0 Å².